The molecule has 4 N–H and O–H groups in total. The molecule has 9 nitrogen and oxygen atoms in total. The summed E-state index contributed by atoms with van der Waals surface area (Å²) in [6, 6.07) is 11.0. The Morgan fingerprint density at radius 1 is 1.10 bits per heavy atom. The quantitative estimate of drug-likeness (QED) is 0.454. The van der Waals surface area contributed by atoms with Gasteiger partial charge in [0, 0.05) is 37.8 Å². The molecule has 2 aromatic carbocycles. The van der Waals surface area contributed by atoms with Gasteiger partial charge >= 0.3 is 0 Å². The Morgan fingerprint density at radius 2 is 1.80 bits per heavy atom. The van der Waals surface area contributed by atoms with Gasteiger partial charge in [-0.15, -0.1) is 12.4 Å². The molecule has 2 amide bonds. The monoisotopic (exact) mass is 433 g/mol. The van der Waals surface area contributed by atoms with Crippen molar-refractivity contribution in [1.82, 2.24) is 5.32 Å². The maximum Gasteiger partial charge on any atom is 0.293 e. The van der Waals surface area contributed by atoms with Gasteiger partial charge in [0.2, 0.25) is 0 Å². The van der Waals surface area contributed by atoms with Gasteiger partial charge in [-0.25, -0.2) is 0 Å². The standard InChI is InChI=1S/C20H23N5O4.ClH/c21-9-10-22-20(27)15-5-1-2-6-16(15)23-19(26)14-7-8-17(18(13-14)25(28)29)24-11-3-4-12-24;/h1-2,5-8,13H,3-4,9-12,21H2,(H,22,27)(H,23,26);1H. The van der Waals surface area contributed by atoms with Crippen LogP contribution >= 0.6 is 12.4 Å². The number of nitro groups is 1. The molecule has 3 rings (SSSR count). The minimum Gasteiger partial charge on any atom is -0.366 e. The lowest BCUT2D eigenvalue weighted by Gasteiger charge is -2.18. The molecular formula is C20H24ClN5O4. The summed E-state index contributed by atoms with van der Waals surface area (Å²) in [5.74, 6) is -0.887. The molecule has 160 valence electrons. The van der Waals surface area contributed by atoms with Gasteiger partial charge in [-0.2, -0.15) is 0 Å². The maximum absolute atomic E-state index is 12.7. The summed E-state index contributed by atoms with van der Waals surface area (Å²) < 4.78 is 0. The predicted molar refractivity (Wildman–Crippen MR) is 118 cm³/mol. The second kappa shape index (κ2) is 10.6. The van der Waals surface area contributed by atoms with Crippen molar-refractivity contribution >= 4 is 41.3 Å². The molecule has 30 heavy (non-hydrogen) atoms. The Labute approximate surface area is 180 Å². The molecule has 1 fully saturated rings. The van der Waals surface area contributed by atoms with E-state index in [1.165, 1.54) is 6.07 Å². The van der Waals surface area contributed by atoms with Gasteiger partial charge in [0.05, 0.1) is 16.2 Å². The fourth-order valence-corrected chi connectivity index (χ4v) is 3.30. The lowest BCUT2D eigenvalue weighted by molar-refractivity contribution is -0.384. The number of carbonyl (C=O) groups is 2. The number of carbonyl (C=O) groups excluding carboxylic acids is 2. The van der Waals surface area contributed by atoms with Gasteiger partial charge in [-0.05, 0) is 37.1 Å². The highest BCUT2D eigenvalue weighted by Crippen LogP contribution is 2.32. The minimum atomic E-state index is -0.528. The van der Waals surface area contributed by atoms with Crippen LogP contribution in [0.5, 0.6) is 0 Å². The molecule has 0 radical (unpaired) electrons. The molecule has 1 saturated heterocycles. The first-order valence-corrected chi connectivity index (χ1v) is 9.43. The third-order valence-corrected chi connectivity index (χ3v) is 4.73. The number of benzene rings is 2. The molecule has 0 atom stereocenters. The average Bonchev–Trinajstić information content (AvgIpc) is 3.26. The van der Waals surface area contributed by atoms with Crippen LogP contribution in [-0.2, 0) is 0 Å². The van der Waals surface area contributed by atoms with E-state index in [4.69, 9.17) is 5.73 Å². The first-order valence-electron chi connectivity index (χ1n) is 9.43. The van der Waals surface area contributed by atoms with E-state index < -0.39 is 10.8 Å². The first-order chi connectivity index (χ1) is 14.0. The van der Waals surface area contributed by atoms with Crippen molar-refractivity contribution in [2.45, 2.75) is 12.8 Å². The van der Waals surface area contributed by atoms with Crippen molar-refractivity contribution in [3.63, 3.8) is 0 Å². The van der Waals surface area contributed by atoms with Crippen LogP contribution in [0.15, 0.2) is 42.5 Å². The van der Waals surface area contributed by atoms with Crippen LogP contribution in [0.4, 0.5) is 17.1 Å². The molecule has 0 saturated carbocycles. The number of anilines is 2. The fraction of sp³-hybridized carbons (Fsp3) is 0.300. The number of hydrogen-bond donors (Lipinski definition) is 3. The van der Waals surface area contributed by atoms with Crippen molar-refractivity contribution in [3.05, 3.63) is 63.7 Å². The number of para-hydroxylation sites is 1. The highest BCUT2D eigenvalue weighted by atomic mass is 35.5. The number of nitro benzene ring substituents is 1. The van der Waals surface area contributed by atoms with E-state index in [0.29, 0.717) is 24.5 Å². The van der Waals surface area contributed by atoms with Gasteiger partial charge in [-0.3, -0.25) is 19.7 Å². The number of hydrogen-bond acceptors (Lipinski definition) is 6. The third kappa shape index (κ3) is 5.25. The van der Waals surface area contributed by atoms with Crippen molar-refractivity contribution in [3.8, 4) is 0 Å². The van der Waals surface area contributed by atoms with Crippen LogP contribution in [0.2, 0.25) is 0 Å². The van der Waals surface area contributed by atoms with Crippen LogP contribution < -0.4 is 21.3 Å². The largest absolute Gasteiger partial charge is 0.366 e. The summed E-state index contributed by atoms with van der Waals surface area (Å²) in [6.07, 6.45) is 1.98. The smallest absolute Gasteiger partial charge is 0.293 e. The molecule has 0 aliphatic carbocycles. The fourth-order valence-electron chi connectivity index (χ4n) is 3.30. The van der Waals surface area contributed by atoms with E-state index >= 15 is 0 Å². The van der Waals surface area contributed by atoms with Crippen molar-refractivity contribution in [2.75, 3.05) is 36.4 Å². The number of nitrogens with zero attached hydrogens (tertiary/aromatic N) is 2. The molecule has 0 bridgehead atoms. The zero-order chi connectivity index (χ0) is 20.8. The Kier molecular flexibility index (Phi) is 8.14. The first kappa shape index (κ1) is 23.1. The second-order valence-electron chi connectivity index (χ2n) is 6.70. The summed E-state index contributed by atoms with van der Waals surface area (Å²) in [7, 11) is 0. The number of amides is 2. The maximum atomic E-state index is 12.7. The highest BCUT2D eigenvalue weighted by Gasteiger charge is 2.24. The zero-order valence-electron chi connectivity index (χ0n) is 16.3. The van der Waals surface area contributed by atoms with Crippen LogP contribution in [0.25, 0.3) is 0 Å². The number of rotatable bonds is 7. The number of nitrogens with one attached hydrogen (secondary N) is 2. The highest BCUT2D eigenvalue weighted by molar-refractivity contribution is 6.09. The van der Waals surface area contributed by atoms with E-state index in [1.54, 1.807) is 36.4 Å². The van der Waals surface area contributed by atoms with Gasteiger partial charge < -0.3 is 21.3 Å². The number of nitrogens with two attached hydrogens (primary N) is 1. The van der Waals surface area contributed by atoms with Gasteiger partial charge in [0.25, 0.3) is 17.5 Å². The summed E-state index contributed by atoms with van der Waals surface area (Å²) in [4.78, 5) is 38.0. The number of halogens is 1. The zero-order valence-corrected chi connectivity index (χ0v) is 17.1. The van der Waals surface area contributed by atoms with Crippen LogP contribution in [0, 0.1) is 10.1 Å². The van der Waals surface area contributed by atoms with Crippen molar-refractivity contribution < 1.29 is 14.5 Å². The molecule has 0 unspecified atom stereocenters. The summed E-state index contributed by atoms with van der Waals surface area (Å²) in [5.41, 5.74) is 6.58. The molecule has 1 heterocycles. The van der Waals surface area contributed by atoms with E-state index in [1.807, 2.05) is 4.90 Å². The summed E-state index contributed by atoms with van der Waals surface area (Å²) in [6.45, 7) is 2.13. The second-order valence-corrected chi connectivity index (χ2v) is 6.70. The van der Waals surface area contributed by atoms with Crippen LogP contribution in [0.3, 0.4) is 0 Å². The van der Waals surface area contributed by atoms with Crippen LogP contribution in [-0.4, -0.2) is 42.9 Å². The molecular weight excluding hydrogens is 410 g/mol. The predicted octanol–water partition coefficient (Wildman–Crippen LogP) is 2.56. The lowest BCUT2D eigenvalue weighted by Crippen LogP contribution is -2.30. The van der Waals surface area contributed by atoms with Gasteiger partial charge in [-0.1, -0.05) is 12.1 Å². The Balaban J connectivity index is 0.00000320. The third-order valence-electron chi connectivity index (χ3n) is 4.73. The summed E-state index contributed by atoms with van der Waals surface area (Å²) in [5, 5.41) is 16.9. The molecule has 0 spiro atoms. The van der Waals surface area contributed by atoms with E-state index in [2.05, 4.69) is 10.6 Å². The topological polar surface area (TPSA) is 131 Å². The molecule has 1 aliphatic rings. The average molecular weight is 434 g/mol. The molecule has 10 heteroatoms. The van der Waals surface area contributed by atoms with Crippen molar-refractivity contribution in [2.24, 2.45) is 5.73 Å². The van der Waals surface area contributed by atoms with Crippen molar-refractivity contribution in [1.29, 1.82) is 0 Å². The Bertz CT molecular complexity index is 931. The van der Waals surface area contributed by atoms with E-state index in [-0.39, 0.29) is 35.1 Å². The summed E-state index contributed by atoms with van der Waals surface area (Å²) >= 11 is 0. The lowest BCUT2D eigenvalue weighted by atomic mass is 10.1. The minimum absolute atomic E-state index is 0. The van der Waals surface area contributed by atoms with Gasteiger partial charge in [0.15, 0.2) is 0 Å². The Hall–Kier alpha value is -3.17. The normalized spacial score (nSPS) is 12.8. The van der Waals surface area contributed by atoms with E-state index in [9.17, 15) is 19.7 Å². The molecule has 0 aromatic heterocycles. The Morgan fingerprint density at radius 3 is 2.47 bits per heavy atom. The molecule has 1 aliphatic heterocycles. The van der Waals surface area contributed by atoms with Crippen LogP contribution in [0.1, 0.15) is 33.6 Å². The molecule has 2 aromatic rings. The van der Waals surface area contributed by atoms with Gasteiger partial charge in [0.1, 0.15) is 5.69 Å². The van der Waals surface area contributed by atoms with E-state index in [0.717, 1.165) is 25.9 Å². The SMILES string of the molecule is Cl.NCCNC(=O)c1ccccc1NC(=O)c1ccc(N2CCCC2)c([N+](=O)[O-])c1.